The molecule has 100 valence electrons. The van der Waals surface area contributed by atoms with Crippen LogP contribution in [0.3, 0.4) is 0 Å². The molecule has 0 amide bonds. The van der Waals surface area contributed by atoms with E-state index in [0.717, 1.165) is 6.42 Å². The van der Waals surface area contributed by atoms with Crippen molar-refractivity contribution in [3.8, 4) is 5.75 Å². The van der Waals surface area contributed by atoms with Crippen LogP contribution in [0.15, 0.2) is 23.1 Å². The number of nitrogens with zero attached hydrogens (tertiary/aromatic N) is 1. The van der Waals surface area contributed by atoms with Crippen LogP contribution >= 0.6 is 0 Å². The van der Waals surface area contributed by atoms with Gasteiger partial charge in [0.2, 0.25) is 0 Å². The molecule has 0 aromatic carbocycles. The van der Waals surface area contributed by atoms with Crippen molar-refractivity contribution in [2.45, 2.75) is 39.8 Å². The molecule has 0 fully saturated rings. The van der Waals surface area contributed by atoms with Crippen LogP contribution in [0.1, 0.15) is 27.2 Å². The lowest BCUT2D eigenvalue weighted by Gasteiger charge is -2.12. The molecule has 18 heavy (non-hydrogen) atoms. The lowest BCUT2D eigenvalue weighted by Crippen LogP contribution is -2.27. The summed E-state index contributed by atoms with van der Waals surface area (Å²) in [6.07, 6.45) is 2.16. The first-order chi connectivity index (χ1) is 8.58. The molecule has 5 heteroatoms. The van der Waals surface area contributed by atoms with Crippen LogP contribution in [0.25, 0.3) is 0 Å². The Hall–Kier alpha value is -1.78. The maximum atomic E-state index is 11.9. The van der Waals surface area contributed by atoms with Crippen LogP contribution in [0.4, 0.5) is 0 Å². The maximum Gasteiger partial charge on any atom is 0.326 e. The standard InChI is InChI=1S/C13H19NO4/c1-4-10(3)18-12(15)9-14-8-6-7-11(13(14)16)17-5-2/h6-8,10H,4-5,9H2,1-3H3. The van der Waals surface area contributed by atoms with Gasteiger partial charge in [-0.3, -0.25) is 9.59 Å². The summed E-state index contributed by atoms with van der Waals surface area (Å²) >= 11 is 0. The molecule has 0 bridgehead atoms. The molecule has 5 nitrogen and oxygen atoms in total. The van der Waals surface area contributed by atoms with Gasteiger partial charge < -0.3 is 14.0 Å². The Balaban J connectivity index is 2.76. The van der Waals surface area contributed by atoms with Crippen LogP contribution in [0.2, 0.25) is 0 Å². The monoisotopic (exact) mass is 253 g/mol. The van der Waals surface area contributed by atoms with E-state index in [0.29, 0.717) is 6.61 Å². The zero-order chi connectivity index (χ0) is 13.5. The zero-order valence-corrected chi connectivity index (χ0v) is 11.0. The Kier molecular flexibility index (Phi) is 5.42. The number of ether oxygens (including phenoxy) is 2. The fourth-order valence-electron chi connectivity index (χ4n) is 1.39. The number of carbonyl (C=O) groups excluding carboxylic acids is 1. The normalized spacial score (nSPS) is 11.9. The number of rotatable bonds is 6. The summed E-state index contributed by atoms with van der Waals surface area (Å²) in [4.78, 5) is 23.5. The smallest absolute Gasteiger partial charge is 0.326 e. The Morgan fingerprint density at radius 3 is 2.78 bits per heavy atom. The second kappa shape index (κ2) is 6.83. The highest BCUT2D eigenvalue weighted by Crippen LogP contribution is 2.03. The van der Waals surface area contributed by atoms with E-state index in [1.807, 2.05) is 13.8 Å². The molecule has 1 heterocycles. The number of hydrogen-bond acceptors (Lipinski definition) is 4. The van der Waals surface area contributed by atoms with Gasteiger partial charge in [-0.15, -0.1) is 0 Å². The van der Waals surface area contributed by atoms with E-state index in [1.54, 1.807) is 25.3 Å². The molecule has 0 spiro atoms. The molecule has 0 aliphatic carbocycles. The molecular formula is C13H19NO4. The molecule has 1 aromatic heterocycles. The van der Waals surface area contributed by atoms with Gasteiger partial charge in [0.1, 0.15) is 6.54 Å². The number of hydrogen-bond donors (Lipinski definition) is 0. The fourth-order valence-corrected chi connectivity index (χ4v) is 1.39. The zero-order valence-electron chi connectivity index (χ0n) is 11.0. The quantitative estimate of drug-likeness (QED) is 0.722. The number of carbonyl (C=O) groups is 1. The van der Waals surface area contributed by atoms with Gasteiger partial charge in [-0.05, 0) is 32.4 Å². The molecule has 0 radical (unpaired) electrons. The van der Waals surface area contributed by atoms with Crippen LogP contribution in [0.5, 0.6) is 5.75 Å². The average molecular weight is 253 g/mol. The van der Waals surface area contributed by atoms with Crippen LogP contribution in [-0.4, -0.2) is 23.2 Å². The Bertz CT molecular complexity index is 453. The highest BCUT2D eigenvalue weighted by molar-refractivity contribution is 5.69. The van der Waals surface area contributed by atoms with Crippen molar-refractivity contribution in [3.05, 3.63) is 28.7 Å². The van der Waals surface area contributed by atoms with Crippen LogP contribution in [0, 0.1) is 0 Å². The predicted octanol–water partition coefficient (Wildman–Crippen LogP) is 1.59. The van der Waals surface area contributed by atoms with Gasteiger partial charge in [0.05, 0.1) is 12.7 Å². The molecule has 0 saturated heterocycles. The molecule has 0 aliphatic heterocycles. The summed E-state index contributed by atoms with van der Waals surface area (Å²) in [5.74, 6) is -0.170. The lowest BCUT2D eigenvalue weighted by molar-refractivity contribution is -0.149. The van der Waals surface area contributed by atoms with Gasteiger partial charge in [-0.25, -0.2) is 0 Å². The minimum Gasteiger partial charge on any atom is -0.488 e. The predicted molar refractivity (Wildman–Crippen MR) is 67.7 cm³/mol. The molecule has 0 saturated carbocycles. The van der Waals surface area contributed by atoms with Crippen molar-refractivity contribution < 1.29 is 14.3 Å². The van der Waals surface area contributed by atoms with E-state index in [1.165, 1.54) is 4.57 Å². The van der Waals surface area contributed by atoms with Gasteiger partial charge in [0, 0.05) is 6.20 Å². The molecule has 1 aromatic rings. The van der Waals surface area contributed by atoms with Crippen LogP contribution in [-0.2, 0) is 16.1 Å². The first kappa shape index (κ1) is 14.3. The number of pyridine rings is 1. The van der Waals surface area contributed by atoms with E-state index in [9.17, 15) is 9.59 Å². The highest BCUT2D eigenvalue weighted by atomic mass is 16.5. The topological polar surface area (TPSA) is 57.5 Å². The number of esters is 1. The first-order valence-electron chi connectivity index (χ1n) is 6.10. The molecule has 0 aliphatic rings. The summed E-state index contributed by atoms with van der Waals surface area (Å²) in [6, 6.07) is 3.26. The Morgan fingerprint density at radius 1 is 1.44 bits per heavy atom. The summed E-state index contributed by atoms with van der Waals surface area (Å²) in [5, 5.41) is 0. The van der Waals surface area contributed by atoms with E-state index in [4.69, 9.17) is 9.47 Å². The molecular weight excluding hydrogens is 234 g/mol. The molecule has 1 atom stereocenters. The van der Waals surface area contributed by atoms with Crippen molar-refractivity contribution in [3.63, 3.8) is 0 Å². The summed E-state index contributed by atoms with van der Waals surface area (Å²) in [6.45, 7) is 5.87. The molecule has 1 unspecified atom stereocenters. The van der Waals surface area contributed by atoms with E-state index in [-0.39, 0.29) is 24.0 Å². The third-order valence-corrected chi connectivity index (χ3v) is 2.49. The summed E-state index contributed by atoms with van der Waals surface area (Å²) in [7, 11) is 0. The highest BCUT2D eigenvalue weighted by Gasteiger charge is 2.11. The van der Waals surface area contributed by atoms with Crippen molar-refractivity contribution in [1.29, 1.82) is 0 Å². The minimum atomic E-state index is -0.417. The largest absolute Gasteiger partial charge is 0.488 e. The van der Waals surface area contributed by atoms with Gasteiger partial charge in [-0.1, -0.05) is 6.92 Å². The molecule has 1 rings (SSSR count). The third kappa shape index (κ3) is 3.91. The molecule has 0 N–H and O–H groups in total. The van der Waals surface area contributed by atoms with Crippen molar-refractivity contribution in [2.75, 3.05) is 6.61 Å². The summed E-state index contributed by atoms with van der Waals surface area (Å²) in [5.41, 5.74) is -0.319. The fraction of sp³-hybridized carbons (Fsp3) is 0.538. The van der Waals surface area contributed by atoms with Gasteiger partial charge in [0.15, 0.2) is 5.75 Å². The van der Waals surface area contributed by atoms with Crippen molar-refractivity contribution >= 4 is 5.97 Å². The minimum absolute atomic E-state index is 0.0932. The van der Waals surface area contributed by atoms with Crippen molar-refractivity contribution in [1.82, 2.24) is 4.57 Å². The maximum absolute atomic E-state index is 11.9. The second-order valence-electron chi connectivity index (χ2n) is 3.95. The average Bonchev–Trinajstić information content (AvgIpc) is 2.34. The van der Waals surface area contributed by atoms with Gasteiger partial charge in [0.25, 0.3) is 5.56 Å². The Labute approximate surface area is 106 Å². The van der Waals surface area contributed by atoms with Gasteiger partial charge in [-0.2, -0.15) is 0 Å². The van der Waals surface area contributed by atoms with Crippen molar-refractivity contribution in [2.24, 2.45) is 0 Å². The third-order valence-electron chi connectivity index (χ3n) is 2.49. The van der Waals surface area contributed by atoms with E-state index >= 15 is 0 Å². The van der Waals surface area contributed by atoms with Gasteiger partial charge >= 0.3 is 5.97 Å². The number of aromatic nitrogens is 1. The summed E-state index contributed by atoms with van der Waals surface area (Å²) < 4.78 is 11.6. The van der Waals surface area contributed by atoms with E-state index < -0.39 is 5.97 Å². The first-order valence-corrected chi connectivity index (χ1v) is 6.10. The lowest BCUT2D eigenvalue weighted by atomic mass is 10.3. The SMILES string of the molecule is CCOc1cccn(CC(=O)OC(C)CC)c1=O. The second-order valence-corrected chi connectivity index (χ2v) is 3.95. The van der Waals surface area contributed by atoms with Crippen LogP contribution < -0.4 is 10.3 Å². The Morgan fingerprint density at radius 2 is 2.17 bits per heavy atom. The van der Waals surface area contributed by atoms with E-state index in [2.05, 4.69) is 0 Å².